The molecule has 0 unspecified atom stereocenters. The van der Waals surface area contributed by atoms with Crippen LogP contribution in [0.25, 0.3) is 0 Å². The van der Waals surface area contributed by atoms with Gasteiger partial charge in [0.05, 0.1) is 11.3 Å². The van der Waals surface area contributed by atoms with Crippen LogP contribution in [0.1, 0.15) is 49.5 Å². The summed E-state index contributed by atoms with van der Waals surface area (Å²) in [5.41, 5.74) is 1.30. The van der Waals surface area contributed by atoms with Gasteiger partial charge in [0.25, 0.3) is 0 Å². The van der Waals surface area contributed by atoms with E-state index < -0.39 is 5.97 Å². The molecule has 0 aromatic heterocycles. The van der Waals surface area contributed by atoms with Gasteiger partial charge in [-0.05, 0) is 36.8 Å². The van der Waals surface area contributed by atoms with Crippen LogP contribution >= 0.6 is 11.8 Å². The van der Waals surface area contributed by atoms with Crippen LogP contribution in [0.15, 0.2) is 24.3 Å². The molecule has 1 saturated heterocycles. The molecule has 1 aliphatic heterocycles. The van der Waals surface area contributed by atoms with Crippen molar-refractivity contribution in [1.29, 1.82) is 0 Å². The number of hydrogen-bond donors (Lipinski definition) is 1. The first kappa shape index (κ1) is 18.8. The van der Waals surface area contributed by atoms with Crippen LogP contribution in [0, 0.1) is 5.92 Å². The predicted octanol–water partition coefficient (Wildman–Crippen LogP) is 3.70. The number of rotatable bonds is 5. The fourth-order valence-electron chi connectivity index (χ4n) is 2.97. The largest absolute Gasteiger partial charge is 0.478 e. The number of carbonyl (C=O) groups is 2. The van der Waals surface area contributed by atoms with Gasteiger partial charge in [0.2, 0.25) is 5.91 Å². The minimum atomic E-state index is -0.864. The maximum Gasteiger partial charge on any atom is 0.335 e. The standard InChI is InChI=1S/C19H27NO3S/c1-19(2,3)24-13-17(21)20-10-8-14(9-11-20)12-15-6-4-5-7-16(15)18(22)23/h4-7,14H,8-13H2,1-3H3,(H,22,23). The molecular formula is C19H27NO3S. The van der Waals surface area contributed by atoms with E-state index in [1.54, 1.807) is 23.9 Å². The van der Waals surface area contributed by atoms with Crippen molar-refractivity contribution in [2.24, 2.45) is 5.92 Å². The van der Waals surface area contributed by atoms with E-state index in [2.05, 4.69) is 20.8 Å². The molecule has 2 rings (SSSR count). The smallest absolute Gasteiger partial charge is 0.335 e. The zero-order valence-corrected chi connectivity index (χ0v) is 15.6. The summed E-state index contributed by atoms with van der Waals surface area (Å²) in [4.78, 5) is 25.5. The Balaban J connectivity index is 1.85. The van der Waals surface area contributed by atoms with Crippen molar-refractivity contribution in [2.75, 3.05) is 18.8 Å². The summed E-state index contributed by atoms with van der Waals surface area (Å²) in [7, 11) is 0. The zero-order valence-electron chi connectivity index (χ0n) is 14.7. The minimum absolute atomic E-state index is 0.106. The Kier molecular flexibility index (Phi) is 6.33. The van der Waals surface area contributed by atoms with E-state index in [0.29, 0.717) is 17.2 Å². The summed E-state index contributed by atoms with van der Waals surface area (Å²) in [5, 5.41) is 9.28. The molecule has 0 atom stereocenters. The van der Waals surface area contributed by atoms with Crippen LogP contribution in [0.5, 0.6) is 0 Å². The van der Waals surface area contributed by atoms with Crippen molar-refractivity contribution >= 4 is 23.6 Å². The molecule has 132 valence electrons. The fourth-order valence-corrected chi connectivity index (χ4v) is 3.71. The zero-order chi connectivity index (χ0) is 17.7. The molecule has 5 heteroatoms. The molecule has 0 bridgehead atoms. The molecule has 4 nitrogen and oxygen atoms in total. The van der Waals surface area contributed by atoms with Gasteiger partial charge in [-0.15, -0.1) is 11.8 Å². The first-order valence-electron chi connectivity index (χ1n) is 8.49. The van der Waals surface area contributed by atoms with Gasteiger partial charge in [0.1, 0.15) is 0 Å². The van der Waals surface area contributed by atoms with Crippen molar-refractivity contribution in [1.82, 2.24) is 4.90 Å². The molecule has 1 fully saturated rings. The SMILES string of the molecule is CC(C)(C)SCC(=O)N1CCC(Cc2ccccc2C(=O)O)CC1. The Hall–Kier alpha value is -1.49. The highest BCUT2D eigenvalue weighted by Crippen LogP contribution is 2.26. The highest BCUT2D eigenvalue weighted by Gasteiger charge is 2.25. The van der Waals surface area contributed by atoms with Gasteiger partial charge in [0.15, 0.2) is 0 Å². The molecule has 1 N–H and O–H groups in total. The third kappa shape index (κ3) is 5.55. The Labute approximate surface area is 148 Å². The maximum atomic E-state index is 12.3. The number of likely N-dealkylation sites (tertiary alicyclic amines) is 1. The number of thioether (sulfide) groups is 1. The van der Waals surface area contributed by atoms with Crippen LogP contribution < -0.4 is 0 Å². The predicted molar refractivity (Wildman–Crippen MR) is 98.6 cm³/mol. The third-order valence-electron chi connectivity index (χ3n) is 4.35. The second kappa shape index (κ2) is 8.06. The van der Waals surface area contributed by atoms with Crippen molar-refractivity contribution in [3.63, 3.8) is 0 Å². The van der Waals surface area contributed by atoms with Gasteiger partial charge in [0, 0.05) is 17.8 Å². The number of hydrogen-bond acceptors (Lipinski definition) is 3. The van der Waals surface area contributed by atoms with Crippen molar-refractivity contribution in [2.45, 2.75) is 44.8 Å². The lowest BCUT2D eigenvalue weighted by Crippen LogP contribution is -2.40. The summed E-state index contributed by atoms with van der Waals surface area (Å²) in [6, 6.07) is 7.23. The van der Waals surface area contributed by atoms with Crippen LogP contribution in [0.4, 0.5) is 0 Å². The second-order valence-electron chi connectivity index (χ2n) is 7.39. The molecule has 1 heterocycles. The van der Waals surface area contributed by atoms with Gasteiger partial charge in [-0.25, -0.2) is 4.79 Å². The number of benzene rings is 1. The fraction of sp³-hybridized carbons (Fsp3) is 0.579. The summed E-state index contributed by atoms with van der Waals surface area (Å²) in [5.74, 6) is 0.345. The molecule has 1 amide bonds. The Morgan fingerprint density at radius 2 is 1.83 bits per heavy atom. The Bertz CT molecular complexity index is 587. The number of carboxylic acid groups (broad SMARTS) is 1. The lowest BCUT2D eigenvalue weighted by molar-refractivity contribution is -0.129. The van der Waals surface area contributed by atoms with Gasteiger partial charge in [-0.2, -0.15) is 0 Å². The maximum absolute atomic E-state index is 12.3. The molecule has 0 aliphatic carbocycles. The van der Waals surface area contributed by atoms with Crippen LogP contribution in [-0.4, -0.2) is 45.5 Å². The number of aromatic carboxylic acids is 1. The average molecular weight is 349 g/mol. The van der Waals surface area contributed by atoms with Gasteiger partial charge in [-0.1, -0.05) is 39.0 Å². The van der Waals surface area contributed by atoms with E-state index in [4.69, 9.17) is 0 Å². The number of piperidine rings is 1. The third-order valence-corrected chi connectivity index (χ3v) is 5.61. The van der Waals surface area contributed by atoms with Crippen LogP contribution in [0.2, 0.25) is 0 Å². The Morgan fingerprint density at radius 3 is 2.42 bits per heavy atom. The number of carbonyl (C=O) groups excluding carboxylic acids is 1. The monoisotopic (exact) mass is 349 g/mol. The molecule has 24 heavy (non-hydrogen) atoms. The number of amides is 1. The van der Waals surface area contributed by atoms with Gasteiger partial charge < -0.3 is 10.0 Å². The average Bonchev–Trinajstić information content (AvgIpc) is 2.53. The van der Waals surface area contributed by atoms with E-state index in [-0.39, 0.29) is 10.7 Å². The minimum Gasteiger partial charge on any atom is -0.478 e. The van der Waals surface area contributed by atoms with Crippen molar-refractivity contribution in [3.8, 4) is 0 Å². The van der Waals surface area contributed by atoms with Gasteiger partial charge in [-0.3, -0.25) is 4.79 Å². The van der Waals surface area contributed by atoms with E-state index in [0.717, 1.165) is 37.9 Å². The van der Waals surface area contributed by atoms with Gasteiger partial charge >= 0.3 is 5.97 Å². The van der Waals surface area contributed by atoms with Crippen molar-refractivity contribution in [3.05, 3.63) is 35.4 Å². The number of carboxylic acids is 1. The lowest BCUT2D eigenvalue weighted by atomic mass is 9.88. The molecule has 0 saturated carbocycles. The second-order valence-corrected chi connectivity index (χ2v) is 9.19. The molecule has 1 aliphatic rings. The quantitative estimate of drug-likeness (QED) is 0.881. The van der Waals surface area contributed by atoms with E-state index in [1.807, 2.05) is 17.0 Å². The van der Waals surface area contributed by atoms with Crippen LogP contribution in [0.3, 0.4) is 0 Å². The first-order chi connectivity index (χ1) is 11.3. The molecule has 0 spiro atoms. The normalized spacial score (nSPS) is 16.2. The summed E-state index contributed by atoms with van der Waals surface area (Å²) < 4.78 is 0.106. The lowest BCUT2D eigenvalue weighted by Gasteiger charge is -2.33. The van der Waals surface area contributed by atoms with E-state index >= 15 is 0 Å². The summed E-state index contributed by atoms with van der Waals surface area (Å²) in [6.07, 6.45) is 2.67. The number of nitrogens with zero attached hydrogens (tertiary/aromatic N) is 1. The highest BCUT2D eigenvalue weighted by molar-refractivity contribution is 8.01. The molecule has 1 aromatic rings. The molecule has 1 aromatic carbocycles. The van der Waals surface area contributed by atoms with Crippen LogP contribution in [-0.2, 0) is 11.2 Å². The summed E-state index contributed by atoms with van der Waals surface area (Å²) in [6.45, 7) is 7.93. The summed E-state index contributed by atoms with van der Waals surface area (Å²) >= 11 is 1.69. The Morgan fingerprint density at radius 1 is 1.21 bits per heavy atom. The van der Waals surface area contributed by atoms with E-state index in [9.17, 15) is 14.7 Å². The van der Waals surface area contributed by atoms with E-state index in [1.165, 1.54) is 0 Å². The van der Waals surface area contributed by atoms with Crippen molar-refractivity contribution < 1.29 is 14.7 Å². The highest BCUT2D eigenvalue weighted by atomic mass is 32.2. The first-order valence-corrected chi connectivity index (χ1v) is 9.48. The topological polar surface area (TPSA) is 57.6 Å². The molecular weight excluding hydrogens is 322 g/mol. The molecule has 0 radical (unpaired) electrons.